The minimum Gasteiger partial charge on any atom is -0.478 e. The number of carbonyl (C=O) groups is 1. The molecule has 1 heterocycles. The molecule has 0 radical (unpaired) electrons. The molecule has 7 heteroatoms. The number of carboxylic acids is 1. The van der Waals surface area contributed by atoms with Crippen LogP contribution in [-0.4, -0.2) is 43.4 Å². The first-order valence-corrected chi connectivity index (χ1v) is 9.00. The highest BCUT2D eigenvalue weighted by atomic mass is 32.2. The molecule has 22 heavy (non-hydrogen) atoms. The van der Waals surface area contributed by atoms with E-state index < -0.39 is 16.2 Å². The third-order valence-electron chi connectivity index (χ3n) is 3.78. The standard InChI is InChI=1S/C15H22N2O4S/c18-15(19)14-7-5-6-13(12-14)8-9-16-22(20,21)17-10-3-1-2-4-11-17/h5-7,12,16H,1-4,8-11H2,(H,18,19). The van der Waals surface area contributed by atoms with Crippen molar-refractivity contribution in [1.29, 1.82) is 0 Å². The van der Waals surface area contributed by atoms with Crippen LogP contribution < -0.4 is 4.72 Å². The van der Waals surface area contributed by atoms with E-state index in [1.165, 1.54) is 10.4 Å². The van der Waals surface area contributed by atoms with Gasteiger partial charge in [0.05, 0.1) is 5.56 Å². The summed E-state index contributed by atoms with van der Waals surface area (Å²) >= 11 is 0. The molecule has 1 aliphatic rings. The fourth-order valence-corrected chi connectivity index (χ4v) is 3.84. The Kier molecular flexibility index (Phi) is 5.93. The summed E-state index contributed by atoms with van der Waals surface area (Å²) in [5.41, 5.74) is 1.02. The van der Waals surface area contributed by atoms with E-state index in [-0.39, 0.29) is 12.1 Å². The van der Waals surface area contributed by atoms with Gasteiger partial charge in [0.15, 0.2) is 0 Å². The normalized spacial score (nSPS) is 17.1. The van der Waals surface area contributed by atoms with E-state index in [4.69, 9.17) is 5.11 Å². The third kappa shape index (κ3) is 4.79. The first-order chi connectivity index (χ1) is 10.5. The number of hydrogen-bond donors (Lipinski definition) is 2. The van der Waals surface area contributed by atoms with Gasteiger partial charge in [0, 0.05) is 19.6 Å². The average Bonchev–Trinajstić information content (AvgIpc) is 2.77. The molecule has 1 aromatic carbocycles. The smallest absolute Gasteiger partial charge is 0.335 e. The molecule has 1 saturated heterocycles. The lowest BCUT2D eigenvalue weighted by Crippen LogP contribution is -2.41. The summed E-state index contributed by atoms with van der Waals surface area (Å²) in [4.78, 5) is 10.9. The van der Waals surface area contributed by atoms with Crippen LogP contribution in [0.15, 0.2) is 24.3 Å². The summed E-state index contributed by atoms with van der Waals surface area (Å²) in [6.45, 7) is 1.41. The van der Waals surface area contributed by atoms with Gasteiger partial charge in [0.1, 0.15) is 0 Å². The number of carboxylic acid groups (broad SMARTS) is 1. The van der Waals surface area contributed by atoms with Crippen LogP contribution in [0.4, 0.5) is 0 Å². The fraction of sp³-hybridized carbons (Fsp3) is 0.533. The maximum Gasteiger partial charge on any atom is 0.335 e. The largest absolute Gasteiger partial charge is 0.478 e. The van der Waals surface area contributed by atoms with Crippen molar-refractivity contribution < 1.29 is 18.3 Å². The van der Waals surface area contributed by atoms with Gasteiger partial charge in [-0.3, -0.25) is 0 Å². The van der Waals surface area contributed by atoms with Gasteiger partial charge in [-0.05, 0) is 37.0 Å². The molecular formula is C15H22N2O4S. The summed E-state index contributed by atoms with van der Waals surface area (Å²) in [6.07, 6.45) is 4.43. The monoisotopic (exact) mass is 326 g/mol. The third-order valence-corrected chi connectivity index (χ3v) is 5.39. The van der Waals surface area contributed by atoms with Gasteiger partial charge in [0.25, 0.3) is 10.2 Å². The fourth-order valence-electron chi connectivity index (χ4n) is 2.56. The van der Waals surface area contributed by atoms with E-state index in [9.17, 15) is 13.2 Å². The Bertz CT molecular complexity index is 608. The number of aromatic carboxylic acids is 1. The SMILES string of the molecule is O=C(O)c1cccc(CCNS(=O)(=O)N2CCCCCC2)c1. The Balaban J connectivity index is 1.89. The summed E-state index contributed by atoms with van der Waals surface area (Å²) in [7, 11) is -3.44. The molecule has 122 valence electrons. The molecule has 0 bridgehead atoms. The van der Waals surface area contributed by atoms with Crippen LogP contribution in [0.3, 0.4) is 0 Å². The van der Waals surface area contributed by atoms with Crippen molar-refractivity contribution in [1.82, 2.24) is 9.03 Å². The van der Waals surface area contributed by atoms with E-state index in [1.807, 2.05) is 0 Å². The van der Waals surface area contributed by atoms with E-state index >= 15 is 0 Å². The molecule has 1 aromatic rings. The molecule has 1 aliphatic heterocycles. The molecule has 0 saturated carbocycles. The predicted molar refractivity (Wildman–Crippen MR) is 84.1 cm³/mol. The van der Waals surface area contributed by atoms with Crippen molar-refractivity contribution in [3.63, 3.8) is 0 Å². The average molecular weight is 326 g/mol. The van der Waals surface area contributed by atoms with Gasteiger partial charge in [-0.25, -0.2) is 9.52 Å². The first kappa shape index (κ1) is 16.9. The van der Waals surface area contributed by atoms with Crippen LogP contribution in [0.5, 0.6) is 0 Å². The molecule has 2 N–H and O–H groups in total. The second-order valence-electron chi connectivity index (χ2n) is 5.47. The van der Waals surface area contributed by atoms with Crippen LogP contribution >= 0.6 is 0 Å². The van der Waals surface area contributed by atoms with Crippen molar-refractivity contribution in [3.05, 3.63) is 35.4 Å². The van der Waals surface area contributed by atoms with Crippen molar-refractivity contribution in [2.24, 2.45) is 0 Å². The Morgan fingerprint density at radius 1 is 1.18 bits per heavy atom. The first-order valence-electron chi connectivity index (χ1n) is 7.56. The molecular weight excluding hydrogens is 304 g/mol. The van der Waals surface area contributed by atoms with Crippen LogP contribution in [0, 0.1) is 0 Å². The van der Waals surface area contributed by atoms with E-state index in [0.29, 0.717) is 19.5 Å². The van der Waals surface area contributed by atoms with Crippen LogP contribution in [-0.2, 0) is 16.6 Å². The zero-order chi connectivity index (χ0) is 16.0. The van der Waals surface area contributed by atoms with Crippen molar-refractivity contribution in [2.75, 3.05) is 19.6 Å². The Morgan fingerprint density at radius 2 is 1.86 bits per heavy atom. The van der Waals surface area contributed by atoms with E-state index in [0.717, 1.165) is 31.2 Å². The van der Waals surface area contributed by atoms with Gasteiger partial charge in [0.2, 0.25) is 0 Å². The lowest BCUT2D eigenvalue weighted by Gasteiger charge is -2.20. The molecule has 0 aliphatic carbocycles. The maximum absolute atomic E-state index is 12.2. The molecule has 0 amide bonds. The molecule has 1 fully saturated rings. The van der Waals surface area contributed by atoms with E-state index in [2.05, 4.69) is 4.72 Å². The van der Waals surface area contributed by atoms with Gasteiger partial charge >= 0.3 is 5.97 Å². The molecule has 0 atom stereocenters. The van der Waals surface area contributed by atoms with Crippen LogP contribution in [0.25, 0.3) is 0 Å². The second kappa shape index (κ2) is 7.71. The second-order valence-corrected chi connectivity index (χ2v) is 7.22. The Hall–Kier alpha value is -1.44. The number of benzene rings is 1. The lowest BCUT2D eigenvalue weighted by molar-refractivity contribution is 0.0696. The summed E-state index contributed by atoms with van der Waals surface area (Å²) in [6, 6.07) is 6.56. The minimum absolute atomic E-state index is 0.216. The van der Waals surface area contributed by atoms with Crippen molar-refractivity contribution >= 4 is 16.2 Å². The van der Waals surface area contributed by atoms with Gasteiger partial charge in [-0.1, -0.05) is 25.0 Å². The Morgan fingerprint density at radius 3 is 2.50 bits per heavy atom. The lowest BCUT2D eigenvalue weighted by atomic mass is 10.1. The van der Waals surface area contributed by atoms with Crippen LogP contribution in [0.2, 0.25) is 0 Å². The van der Waals surface area contributed by atoms with Crippen LogP contribution in [0.1, 0.15) is 41.6 Å². The zero-order valence-corrected chi connectivity index (χ0v) is 13.3. The summed E-state index contributed by atoms with van der Waals surface area (Å²) in [5.74, 6) is -0.980. The van der Waals surface area contributed by atoms with Gasteiger partial charge in [-0.15, -0.1) is 0 Å². The number of hydrogen-bond acceptors (Lipinski definition) is 3. The van der Waals surface area contributed by atoms with Crippen molar-refractivity contribution in [2.45, 2.75) is 32.1 Å². The highest BCUT2D eigenvalue weighted by Crippen LogP contribution is 2.12. The summed E-state index contributed by atoms with van der Waals surface area (Å²) in [5, 5.41) is 8.94. The maximum atomic E-state index is 12.2. The molecule has 0 spiro atoms. The predicted octanol–water partition coefficient (Wildman–Crippen LogP) is 1.64. The minimum atomic E-state index is -3.44. The number of rotatable bonds is 6. The number of nitrogens with one attached hydrogen (secondary N) is 1. The van der Waals surface area contributed by atoms with Gasteiger partial charge < -0.3 is 5.11 Å². The van der Waals surface area contributed by atoms with Crippen molar-refractivity contribution in [3.8, 4) is 0 Å². The topological polar surface area (TPSA) is 86.7 Å². The Labute approximate surface area is 131 Å². The molecule has 6 nitrogen and oxygen atoms in total. The van der Waals surface area contributed by atoms with Gasteiger partial charge in [-0.2, -0.15) is 12.7 Å². The summed E-state index contributed by atoms with van der Waals surface area (Å²) < 4.78 is 28.6. The quantitative estimate of drug-likeness (QED) is 0.832. The molecule has 0 aromatic heterocycles. The molecule has 0 unspecified atom stereocenters. The zero-order valence-electron chi connectivity index (χ0n) is 12.5. The molecule has 2 rings (SSSR count). The highest BCUT2D eigenvalue weighted by molar-refractivity contribution is 7.87. The van der Waals surface area contributed by atoms with E-state index in [1.54, 1.807) is 18.2 Å². The highest BCUT2D eigenvalue weighted by Gasteiger charge is 2.22. The number of nitrogens with zero attached hydrogens (tertiary/aromatic N) is 1.